The molecule has 0 bridgehead atoms. The third kappa shape index (κ3) is 1.54. The predicted octanol–water partition coefficient (Wildman–Crippen LogP) is 2.11. The third-order valence-corrected chi connectivity index (χ3v) is 1.60. The molecule has 0 unspecified atom stereocenters. The van der Waals surface area contributed by atoms with Crippen molar-refractivity contribution in [3.63, 3.8) is 0 Å². The van der Waals surface area contributed by atoms with Crippen LogP contribution in [-0.4, -0.2) is 9.97 Å². The second-order valence-electron chi connectivity index (χ2n) is 2.43. The summed E-state index contributed by atoms with van der Waals surface area (Å²) in [6.07, 6.45) is -3.46. The van der Waals surface area contributed by atoms with Gasteiger partial charge in [0.25, 0.3) is 0 Å². The van der Waals surface area contributed by atoms with Crippen LogP contribution in [0.3, 0.4) is 0 Å². The molecule has 0 aliphatic heterocycles. The number of halogens is 3. The number of nitrogens with zero attached hydrogens (tertiary/aromatic N) is 2. The second-order valence-corrected chi connectivity index (χ2v) is 2.43. The summed E-state index contributed by atoms with van der Waals surface area (Å²) < 4.78 is 36.4. The molecule has 0 N–H and O–H groups in total. The van der Waals surface area contributed by atoms with Crippen molar-refractivity contribution in [3.05, 3.63) is 23.3 Å². The first-order valence-electron chi connectivity index (χ1n) is 3.28. The van der Waals surface area contributed by atoms with Crippen LogP contribution in [0.15, 0.2) is 6.33 Å². The smallest absolute Gasteiger partial charge is 0.241 e. The van der Waals surface area contributed by atoms with Crippen LogP contribution in [0.2, 0.25) is 0 Å². The van der Waals surface area contributed by atoms with Gasteiger partial charge in [0.2, 0.25) is 0 Å². The Labute approximate surface area is 67.5 Å². The van der Waals surface area contributed by atoms with Gasteiger partial charge in [-0.15, -0.1) is 0 Å². The number of hydrogen-bond donors (Lipinski definition) is 0. The highest BCUT2D eigenvalue weighted by atomic mass is 19.4. The van der Waals surface area contributed by atoms with Crippen LogP contribution >= 0.6 is 0 Å². The molecule has 0 saturated carbocycles. The van der Waals surface area contributed by atoms with E-state index in [1.165, 1.54) is 13.8 Å². The van der Waals surface area contributed by atoms with E-state index < -0.39 is 11.9 Å². The first-order chi connectivity index (χ1) is 5.43. The van der Waals surface area contributed by atoms with Crippen LogP contribution in [0.1, 0.15) is 17.0 Å². The van der Waals surface area contributed by atoms with Gasteiger partial charge in [0.1, 0.15) is 6.33 Å². The molecule has 1 aromatic rings. The summed E-state index contributed by atoms with van der Waals surface area (Å²) in [5, 5.41) is 0. The molecule has 2 nitrogen and oxygen atoms in total. The summed E-state index contributed by atoms with van der Waals surface area (Å²) in [4.78, 5) is 6.82. The molecule has 0 aliphatic rings. The van der Waals surface area contributed by atoms with Gasteiger partial charge < -0.3 is 0 Å². The van der Waals surface area contributed by atoms with Gasteiger partial charge in [0.15, 0.2) is 5.69 Å². The van der Waals surface area contributed by atoms with Gasteiger partial charge in [-0.1, -0.05) is 0 Å². The van der Waals surface area contributed by atoms with Crippen molar-refractivity contribution >= 4 is 0 Å². The molecular weight excluding hydrogens is 169 g/mol. The predicted molar refractivity (Wildman–Crippen MR) is 36.5 cm³/mol. The first-order valence-corrected chi connectivity index (χ1v) is 3.28. The lowest BCUT2D eigenvalue weighted by Gasteiger charge is -2.08. The van der Waals surface area contributed by atoms with Gasteiger partial charge in [-0.05, 0) is 13.8 Å². The molecule has 0 radical (unpaired) electrons. The minimum absolute atomic E-state index is 0.0880. The van der Waals surface area contributed by atoms with Crippen LogP contribution < -0.4 is 0 Å². The van der Waals surface area contributed by atoms with Crippen molar-refractivity contribution in [3.8, 4) is 0 Å². The molecular formula is C7H7F3N2. The summed E-state index contributed by atoms with van der Waals surface area (Å²) in [7, 11) is 0. The maximum Gasteiger partial charge on any atom is 0.433 e. The molecule has 66 valence electrons. The van der Waals surface area contributed by atoms with Gasteiger partial charge in [0, 0.05) is 11.3 Å². The SMILES string of the molecule is Cc1ncnc(C(F)(F)F)c1C. The Balaban J connectivity index is 3.26. The van der Waals surface area contributed by atoms with E-state index in [0.717, 1.165) is 6.33 Å². The van der Waals surface area contributed by atoms with Crippen LogP contribution in [0, 0.1) is 13.8 Å². The molecule has 0 saturated heterocycles. The zero-order valence-electron chi connectivity index (χ0n) is 6.61. The topological polar surface area (TPSA) is 25.8 Å². The Morgan fingerprint density at radius 3 is 2.17 bits per heavy atom. The number of rotatable bonds is 0. The Morgan fingerprint density at radius 1 is 1.17 bits per heavy atom. The summed E-state index contributed by atoms with van der Waals surface area (Å²) in [5.41, 5.74) is -0.405. The number of aryl methyl sites for hydroxylation is 1. The Kier molecular flexibility index (Phi) is 2.04. The zero-order valence-corrected chi connectivity index (χ0v) is 6.61. The van der Waals surface area contributed by atoms with Gasteiger partial charge in [-0.3, -0.25) is 0 Å². The second kappa shape index (κ2) is 2.73. The van der Waals surface area contributed by atoms with Crippen LogP contribution in [0.25, 0.3) is 0 Å². The van der Waals surface area contributed by atoms with E-state index in [4.69, 9.17) is 0 Å². The Bertz CT molecular complexity index is 293. The van der Waals surface area contributed by atoms with Crippen molar-refractivity contribution in [1.82, 2.24) is 9.97 Å². The van der Waals surface area contributed by atoms with Crippen molar-refractivity contribution < 1.29 is 13.2 Å². The lowest BCUT2D eigenvalue weighted by Crippen LogP contribution is -2.11. The molecule has 1 heterocycles. The maximum absolute atomic E-state index is 12.1. The summed E-state index contributed by atoms with van der Waals surface area (Å²) >= 11 is 0. The molecule has 1 rings (SSSR count). The Hall–Kier alpha value is -1.13. The quantitative estimate of drug-likeness (QED) is 0.605. The van der Waals surface area contributed by atoms with Crippen molar-refractivity contribution in [2.24, 2.45) is 0 Å². The van der Waals surface area contributed by atoms with E-state index >= 15 is 0 Å². The lowest BCUT2D eigenvalue weighted by atomic mass is 10.2. The fourth-order valence-corrected chi connectivity index (χ4v) is 0.824. The van der Waals surface area contributed by atoms with Crippen LogP contribution in [0.4, 0.5) is 13.2 Å². The molecule has 0 fully saturated rings. The molecule has 0 aromatic carbocycles. The molecule has 0 atom stereocenters. The zero-order chi connectivity index (χ0) is 9.35. The van der Waals surface area contributed by atoms with Crippen LogP contribution in [-0.2, 0) is 6.18 Å². The summed E-state index contributed by atoms with van der Waals surface area (Å²) in [5.74, 6) is 0. The van der Waals surface area contributed by atoms with E-state index in [2.05, 4.69) is 9.97 Å². The maximum atomic E-state index is 12.1. The van der Waals surface area contributed by atoms with E-state index in [1.54, 1.807) is 0 Å². The van der Waals surface area contributed by atoms with Gasteiger partial charge in [0.05, 0.1) is 0 Å². The largest absolute Gasteiger partial charge is 0.433 e. The highest BCUT2D eigenvalue weighted by Crippen LogP contribution is 2.29. The molecule has 1 aromatic heterocycles. The number of hydrogen-bond acceptors (Lipinski definition) is 2. The molecule has 0 spiro atoms. The molecule has 0 aliphatic carbocycles. The normalized spacial score (nSPS) is 11.8. The van der Waals surface area contributed by atoms with E-state index in [9.17, 15) is 13.2 Å². The monoisotopic (exact) mass is 176 g/mol. The average Bonchev–Trinajstić information content (AvgIpc) is 1.92. The highest BCUT2D eigenvalue weighted by molar-refractivity contribution is 5.23. The Morgan fingerprint density at radius 2 is 1.75 bits per heavy atom. The number of alkyl halides is 3. The van der Waals surface area contributed by atoms with Crippen molar-refractivity contribution in [1.29, 1.82) is 0 Å². The lowest BCUT2D eigenvalue weighted by molar-refractivity contribution is -0.141. The van der Waals surface area contributed by atoms with Crippen molar-refractivity contribution in [2.75, 3.05) is 0 Å². The van der Waals surface area contributed by atoms with Gasteiger partial charge in [-0.2, -0.15) is 13.2 Å². The molecule has 0 amide bonds. The highest BCUT2D eigenvalue weighted by Gasteiger charge is 2.34. The first kappa shape index (κ1) is 8.96. The van der Waals surface area contributed by atoms with Gasteiger partial charge in [-0.25, -0.2) is 9.97 Å². The molecule has 5 heteroatoms. The third-order valence-electron chi connectivity index (χ3n) is 1.60. The minimum atomic E-state index is -4.38. The van der Waals surface area contributed by atoms with E-state index in [1.807, 2.05) is 0 Å². The van der Waals surface area contributed by atoms with Gasteiger partial charge >= 0.3 is 6.18 Å². The fourth-order valence-electron chi connectivity index (χ4n) is 0.824. The number of aromatic nitrogens is 2. The standard InChI is InChI=1S/C7H7F3N2/c1-4-5(2)11-3-12-6(4)7(8,9)10/h3H,1-2H3. The van der Waals surface area contributed by atoms with E-state index in [0.29, 0.717) is 5.69 Å². The fraction of sp³-hybridized carbons (Fsp3) is 0.429. The average molecular weight is 176 g/mol. The molecule has 12 heavy (non-hydrogen) atoms. The summed E-state index contributed by atoms with van der Waals surface area (Å²) in [6, 6.07) is 0. The van der Waals surface area contributed by atoms with Crippen LogP contribution in [0.5, 0.6) is 0 Å². The minimum Gasteiger partial charge on any atom is -0.241 e. The van der Waals surface area contributed by atoms with E-state index in [-0.39, 0.29) is 5.56 Å². The van der Waals surface area contributed by atoms with Crippen molar-refractivity contribution in [2.45, 2.75) is 20.0 Å². The summed E-state index contributed by atoms with van der Waals surface area (Å²) in [6.45, 7) is 2.88.